The summed E-state index contributed by atoms with van der Waals surface area (Å²) >= 11 is 1.31. The van der Waals surface area contributed by atoms with E-state index in [1.807, 2.05) is 32.6 Å². The standard InChI is InChI=1S/C19H25N3O3S/c1-12(2)22(13(3)4)17(23)10-15-11-26-19(20-15)21-18(24)14-6-8-16(25-5)9-7-14/h6-9,11-13H,10H2,1-5H3,(H,20,21,24). The van der Waals surface area contributed by atoms with Crippen molar-refractivity contribution in [2.24, 2.45) is 0 Å². The number of methoxy groups -OCH3 is 1. The Bertz CT molecular complexity index is 746. The van der Waals surface area contributed by atoms with Gasteiger partial charge in [0.05, 0.1) is 19.2 Å². The number of nitrogens with zero attached hydrogens (tertiary/aromatic N) is 2. The van der Waals surface area contributed by atoms with Gasteiger partial charge in [-0.1, -0.05) is 0 Å². The van der Waals surface area contributed by atoms with E-state index in [1.54, 1.807) is 36.8 Å². The topological polar surface area (TPSA) is 71.5 Å². The number of thiazole rings is 1. The van der Waals surface area contributed by atoms with Crippen LogP contribution in [0, 0.1) is 0 Å². The molecule has 1 aromatic carbocycles. The van der Waals surface area contributed by atoms with E-state index >= 15 is 0 Å². The molecule has 0 radical (unpaired) electrons. The second-order valence-electron chi connectivity index (χ2n) is 6.49. The van der Waals surface area contributed by atoms with Crippen LogP contribution in [0.5, 0.6) is 5.75 Å². The van der Waals surface area contributed by atoms with E-state index < -0.39 is 0 Å². The van der Waals surface area contributed by atoms with E-state index in [-0.39, 0.29) is 30.3 Å². The van der Waals surface area contributed by atoms with Crippen molar-refractivity contribution >= 4 is 28.3 Å². The molecule has 2 aromatic rings. The number of nitrogens with one attached hydrogen (secondary N) is 1. The molecule has 0 aliphatic carbocycles. The Morgan fingerprint density at radius 2 is 1.77 bits per heavy atom. The number of anilines is 1. The van der Waals surface area contributed by atoms with Gasteiger partial charge in [0.25, 0.3) is 5.91 Å². The number of benzene rings is 1. The Kier molecular flexibility index (Phi) is 6.74. The third kappa shape index (κ3) is 5.05. The van der Waals surface area contributed by atoms with Crippen molar-refractivity contribution in [1.29, 1.82) is 0 Å². The molecule has 0 aliphatic rings. The lowest BCUT2D eigenvalue weighted by Crippen LogP contribution is -2.42. The zero-order chi connectivity index (χ0) is 19.3. The van der Waals surface area contributed by atoms with Gasteiger partial charge in [-0.15, -0.1) is 11.3 Å². The molecule has 2 amide bonds. The number of aromatic nitrogens is 1. The van der Waals surface area contributed by atoms with Crippen LogP contribution >= 0.6 is 11.3 Å². The Balaban J connectivity index is 2.00. The van der Waals surface area contributed by atoms with Gasteiger partial charge in [0.2, 0.25) is 5.91 Å². The number of carbonyl (C=O) groups is 2. The van der Waals surface area contributed by atoms with E-state index in [0.29, 0.717) is 22.1 Å². The molecule has 0 saturated carbocycles. The predicted molar refractivity (Wildman–Crippen MR) is 104 cm³/mol. The molecule has 0 fully saturated rings. The van der Waals surface area contributed by atoms with E-state index in [1.165, 1.54) is 11.3 Å². The zero-order valence-corrected chi connectivity index (χ0v) is 16.6. The lowest BCUT2D eigenvalue weighted by atomic mass is 10.2. The third-order valence-electron chi connectivity index (χ3n) is 3.86. The average molecular weight is 375 g/mol. The van der Waals surface area contributed by atoms with Crippen molar-refractivity contribution in [3.8, 4) is 5.75 Å². The molecule has 1 aromatic heterocycles. The summed E-state index contributed by atoms with van der Waals surface area (Å²) in [5.74, 6) is 0.482. The first-order chi connectivity index (χ1) is 12.3. The lowest BCUT2D eigenvalue weighted by molar-refractivity contribution is -0.134. The third-order valence-corrected chi connectivity index (χ3v) is 4.66. The maximum Gasteiger partial charge on any atom is 0.257 e. The lowest BCUT2D eigenvalue weighted by Gasteiger charge is -2.30. The van der Waals surface area contributed by atoms with Gasteiger partial charge in [-0.05, 0) is 52.0 Å². The van der Waals surface area contributed by atoms with Crippen LogP contribution in [0.25, 0.3) is 0 Å². The molecular weight excluding hydrogens is 350 g/mol. The Hall–Kier alpha value is -2.41. The Morgan fingerprint density at radius 1 is 1.15 bits per heavy atom. The maximum absolute atomic E-state index is 12.5. The molecule has 140 valence electrons. The summed E-state index contributed by atoms with van der Waals surface area (Å²) in [4.78, 5) is 31.0. The van der Waals surface area contributed by atoms with Gasteiger partial charge in [-0.2, -0.15) is 0 Å². The van der Waals surface area contributed by atoms with Gasteiger partial charge in [0, 0.05) is 23.0 Å². The van der Waals surface area contributed by atoms with Gasteiger partial charge in [0.15, 0.2) is 5.13 Å². The first-order valence-electron chi connectivity index (χ1n) is 8.52. The first kappa shape index (κ1) is 19.9. The highest BCUT2D eigenvalue weighted by Gasteiger charge is 2.21. The van der Waals surface area contributed by atoms with Crippen molar-refractivity contribution in [3.63, 3.8) is 0 Å². The van der Waals surface area contributed by atoms with Crippen molar-refractivity contribution in [1.82, 2.24) is 9.88 Å². The van der Waals surface area contributed by atoms with Crippen molar-refractivity contribution in [2.75, 3.05) is 12.4 Å². The average Bonchev–Trinajstić information content (AvgIpc) is 3.00. The predicted octanol–water partition coefficient (Wildman–Crippen LogP) is 3.59. The number of rotatable bonds is 7. The SMILES string of the molecule is COc1ccc(C(=O)Nc2nc(CC(=O)N(C(C)C)C(C)C)cs2)cc1. The molecular formula is C19H25N3O3S. The molecule has 0 aliphatic heterocycles. The molecule has 7 heteroatoms. The van der Waals surface area contributed by atoms with E-state index in [0.717, 1.165) is 0 Å². The largest absolute Gasteiger partial charge is 0.497 e. The second kappa shape index (κ2) is 8.80. The summed E-state index contributed by atoms with van der Waals surface area (Å²) in [6.45, 7) is 8.00. The van der Waals surface area contributed by atoms with Crippen LogP contribution in [0.4, 0.5) is 5.13 Å². The first-order valence-corrected chi connectivity index (χ1v) is 9.40. The van der Waals surface area contributed by atoms with Gasteiger partial charge in [-0.25, -0.2) is 4.98 Å². The normalized spacial score (nSPS) is 10.9. The number of amides is 2. The van der Waals surface area contributed by atoms with Crippen molar-refractivity contribution in [3.05, 3.63) is 40.9 Å². The summed E-state index contributed by atoms with van der Waals surface area (Å²) in [6.07, 6.45) is 0.227. The molecule has 0 saturated heterocycles. The number of hydrogen-bond donors (Lipinski definition) is 1. The van der Waals surface area contributed by atoms with E-state index in [4.69, 9.17) is 4.74 Å². The number of ether oxygens (including phenoxy) is 1. The Morgan fingerprint density at radius 3 is 2.31 bits per heavy atom. The van der Waals surface area contributed by atoms with Gasteiger partial charge >= 0.3 is 0 Å². The summed E-state index contributed by atoms with van der Waals surface area (Å²) < 4.78 is 5.08. The molecule has 0 unspecified atom stereocenters. The maximum atomic E-state index is 12.5. The molecule has 6 nitrogen and oxygen atoms in total. The van der Waals surface area contributed by atoms with Crippen LogP contribution in [-0.2, 0) is 11.2 Å². The summed E-state index contributed by atoms with van der Waals surface area (Å²) in [5, 5.41) is 5.05. The smallest absolute Gasteiger partial charge is 0.257 e. The summed E-state index contributed by atoms with van der Waals surface area (Å²) in [5.41, 5.74) is 1.18. The molecule has 2 rings (SSSR count). The highest BCUT2D eigenvalue weighted by Crippen LogP contribution is 2.19. The minimum atomic E-state index is -0.245. The molecule has 1 N–H and O–H groups in total. The van der Waals surface area contributed by atoms with Gasteiger partial charge in [0.1, 0.15) is 5.75 Å². The second-order valence-corrected chi connectivity index (χ2v) is 7.35. The fourth-order valence-electron chi connectivity index (χ4n) is 2.78. The van der Waals surface area contributed by atoms with Gasteiger partial charge < -0.3 is 9.64 Å². The molecule has 0 spiro atoms. The summed E-state index contributed by atoms with van der Waals surface area (Å²) in [7, 11) is 1.58. The summed E-state index contributed by atoms with van der Waals surface area (Å²) in [6, 6.07) is 7.11. The van der Waals surface area contributed by atoms with Crippen LogP contribution < -0.4 is 10.1 Å². The zero-order valence-electron chi connectivity index (χ0n) is 15.8. The van der Waals surface area contributed by atoms with Crippen molar-refractivity contribution in [2.45, 2.75) is 46.2 Å². The van der Waals surface area contributed by atoms with Crippen LogP contribution in [0.1, 0.15) is 43.7 Å². The molecule has 0 atom stereocenters. The van der Waals surface area contributed by atoms with Gasteiger partial charge in [-0.3, -0.25) is 14.9 Å². The van der Waals surface area contributed by atoms with Crippen molar-refractivity contribution < 1.29 is 14.3 Å². The fraction of sp³-hybridized carbons (Fsp3) is 0.421. The minimum absolute atomic E-state index is 0.0355. The molecule has 0 bridgehead atoms. The highest BCUT2D eigenvalue weighted by atomic mass is 32.1. The molecule has 26 heavy (non-hydrogen) atoms. The monoisotopic (exact) mass is 375 g/mol. The molecule has 1 heterocycles. The number of carbonyl (C=O) groups excluding carboxylic acids is 2. The number of hydrogen-bond acceptors (Lipinski definition) is 5. The van der Waals surface area contributed by atoms with Crippen LogP contribution in [0.3, 0.4) is 0 Å². The van der Waals surface area contributed by atoms with Crippen LogP contribution in [0.2, 0.25) is 0 Å². The van der Waals surface area contributed by atoms with E-state index in [2.05, 4.69) is 10.3 Å². The van der Waals surface area contributed by atoms with Crippen LogP contribution in [-0.4, -0.2) is 40.9 Å². The minimum Gasteiger partial charge on any atom is -0.497 e. The van der Waals surface area contributed by atoms with E-state index in [9.17, 15) is 9.59 Å². The quantitative estimate of drug-likeness (QED) is 0.803. The Labute approximate surface area is 158 Å². The van der Waals surface area contributed by atoms with Crippen LogP contribution in [0.15, 0.2) is 29.6 Å². The fourth-order valence-corrected chi connectivity index (χ4v) is 3.48. The highest BCUT2D eigenvalue weighted by molar-refractivity contribution is 7.14.